The molecule has 0 bridgehead atoms. The third-order valence-corrected chi connectivity index (χ3v) is 3.92. The summed E-state index contributed by atoms with van der Waals surface area (Å²) in [6, 6.07) is 11.1. The van der Waals surface area contributed by atoms with E-state index in [4.69, 9.17) is 5.73 Å². The van der Waals surface area contributed by atoms with Gasteiger partial charge in [-0.05, 0) is 54.7 Å². The topological polar surface area (TPSA) is 81.2 Å². The Kier molecular flexibility index (Phi) is 3.25. The smallest absolute Gasteiger partial charge is 0.292 e. The van der Waals surface area contributed by atoms with Gasteiger partial charge in [-0.2, -0.15) is 0 Å². The molecule has 2 aromatic rings. The molecule has 0 aliphatic heterocycles. The fourth-order valence-electron chi connectivity index (χ4n) is 2.90. The second-order valence-corrected chi connectivity index (χ2v) is 5.47. The van der Waals surface area contributed by atoms with Gasteiger partial charge in [0.15, 0.2) is 0 Å². The molecule has 1 aliphatic carbocycles. The van der Waals surface area contributed by atoms with Crippen LogP contribution in [0.1, 0.15) is 29.2 Å². The van der Waals surface area contributed by atoms with Gasteiger partial charge in [0, 0.05) is 11.8 Å². The van der Waals surface area contributed by atoms with E-state index in [9.17, 15) is 10.1 Å². The molecule has 0 amide bonds. The molecule has 0 saturated heterocycles. The quantitative estimate of drug-likeness (QED) is 0.512. The largest absolute Gasteiger partial charge is 0.399 e. The van der Waals surface area contributed by atoms with E-state index in [1.165, 1.54) is 11.1 Å². The maximum Gasteiger partial charge on any atom is 0.292 e. The van der Waals surface area contributed by atoms with Gasteiger partial charge in [0.25, 0.3) is 5.69 Å². The van der Waals surface area contributed by atoms with Crippen LogP contribution in [0.4, 0.5) is 17.1 Å². The molecule has 3 rings (SSSR count). The number of rotatable bonds is 3. The summed E-state index contributed by atoms with van der Waals surface area (Å²) in [7, 11) is 0. The first-order valence-electron chi connectivity index (χ1n) is 6.94. The highest BCUT2D eigenvalue weighted by atomic mass is 16.6. The molecule has 1 atom stereocenters. The summed E-state index contributed by atoms with van der Waals surface area (Å²) in [6.45, 7) is 1.93. The molecule has 2 aromatic carbocycles. The Morgan fingerprint density at radius 1 is 1.29 bits per heavy atom. The minimum atomic E-state index is -0.347. The first-order valence-corrected chi connectivity index (χ1v) is 6.94. The normalized spacial score (nSPS) is 16.5. The van der Waals surface area contributed by atoms with Gasteiger partial charge in [0.2, 0.25) is 0 Å². The van der Waals surface area contributed by atoms with Gasteiger partial charge < -0.3 is 11.1 Å². The van der Waals surface area contributed by atoms with Gasteiger partial charge in [0.1, 0.15) is 5.69 Å². The van der Waals surface area contributed by atoms with Crippen molar-refractivity contribution in [3.05, 3.63) is 63.2 Å². The number of nitrogens with one attached hydrogen (secondary N) is 1. The number of fused-ring (bicyclic) bond motifs is 1. The zero-order valence-corrected chi connectivity index (χ0v) is 11.8. The molecule has 5 nitrogen and oxygen atoms in total. The van der Waals surface area contributed by atoms with Crippen LogP contribution in [-0.2, 0) is 6.42 Å². The predicted molar refractivity (Wildman–Crippen MR) is 83.4 cm³/mol. The van der Waals surface area contributed by atoms with Crippen LogP contribution < -0.4 is 11.1 Å². The maximum absolute atomic E-state index is 11.1. The van der Waals surface area contributed by atoms with Crippen LogP contribution >= 0.6 is 0 Å². The van der Waals surface area contributed by atoms with E-state index >= 15 is 0 Å². The monoisotopic (exact) mass is 283 g/mol. The number of nitrogens with two attached hydrogens (primary N) is 1. The van der Waals surface area contributed by atoms with Gasteiger partial charge >= 0.3 is 0 Å². The summed E-state index contributed by atoms with van der Waals surface area (Å²) >= 11 is 0. The third-order valence-electron chi connectivity index (χ3n) is 3.92. The standard InChI is InChI=1S/C16H17N3O2/c1-10-2-7-16(19(20)21)15(8-10)18-14-6-3-11-9-12(17)4-5-13(11)14/h2,4-5,7-9,14,18H,3,6,17H2,1H3. The number of nitro benzene ring substituents is 1. The van der Waals surface area contributed by atoms with Crippen molar-refractivity contribution in [3.8, 4) is 0 Å². The van der Waals surface area contributed by atoms with Gasteiger partial charge in [-0.25, -0.2) is 0 Å². The number of hydrogen-bond donors (Lipinski definition) is 2. The van der Waals surface area contributed by atoms with Crippen molar-refractivity contribution < 1.29 is 4.92 Å². The average Bonchev–Trinajstić information content (AvgIpc) is 2.81. The first kappa shape index (κ1) is 13.4. The molecule has 0 saturated carbocycles. The van der Waals surface area contributed by atoms with Crippen LogP contribution in [0.5, 0.6) is 0 Å². The molecule has 5 heteroatoms. The van der Waals surface area contributed by atoms with Crippen LogP contribution in [0.2, 0.25) is 0 Å². The second kappa shape index (κ2) is 5.09. The minimum absolute atomic E-state index is 0.0982. The molecule has 21 heavy (non-hydrogen) atoms. The van der Waals surface area contributed by atoms with Crippen LogP contribution in [0, 0.1) is 17.0 Å². The van der Waals surface area contributed by atoms with Crippen LogP contribution in [0.15, 0.2) is 36.4 Å². The Morgan fingerprint density at radius 3 is 2.86 bits per heavy atom. The number of benzene rings is 2. The van der Waals surface area contributed by atoms with Crippen molar-refractivity contribution in [3.63, 3.8) is 0 Å². The van der Waals surface area contributed by atoms with Crippen molar-refractivity contribution in [2.75, 3.05) is 11.1 Å². The van der Waals surface area contributed by atoms with Crippen LogP contribution in [0.3, 0.4) is 0 Å². The predicted octanol–water partition coefficient (Wildman–Crippen LogP) is 3.58. The molecule has 0 aromatic heterocycles. The third kappa shape index (κ3) is 2.54. The second-order valence-electron chi connectivity index (χ2n) is 5.47. The number of nitro groups is 1. The zero-order chi connectivity index (χ0) is 15.0. The molecular formula is C16H17N3O2. The van der Waals surface area contributed by atoms with Gasteiger partial charge in [-0.15, -0.1) is 0 Å². The van der Waals surface area contributed by atoms with Crippen molar-refractivity contribution in [1.82, 2.24) is 0 Å². The van der Waals surface area contributed by atoms with E-state index in [1.54, 1.807) is 12.1 Å². The average molecular weight is 283 g/mol. The Labute approximate surface area is 122 Å². The molecule has 0 heterocycles. The zero-order valence-electron chi connectivity index (χ0n) is 11.8. The molecule has 108 valence electrons. The molecular weight excluding hydrogens is 266 g/mol. The fourth-order valence-corrected chi connectivity index (χ4v) is 2.90. The molecule has 0 spiro atoms. The number of nitrogen functional groups attached to an aromatic ring is 1. The number of aryl methyl sites for hydroxylation is 2. The summed E-state index contributed by atoms with van der Waals surface area (Å²) < 4.78 is 0. The first-order chi connectivity index (χ1) is 10.0. The lowest BCUT2D eigenvalue weighted by molar-refractivity contribution is -0.384. The van der Waals surface area contributed by atoms with E-state index in [-0.39, 0.29) is 16.7 Å². The van der Waals surface area contributed by atoms with E-state index in [2.05, 4.69) is 5.32 Å². The van der Waals surface area contributed by atoms with Crippen molar-refractivity contribution in [2.45, 2.75) is 25.8 Å². The summed E-state index contributed by atoms with van der Waals surface area (Å²) in [5.41, 5.74) is 10.7. The lowest BCUT2D eigenvalue weighted by Gasteiger charge is -2.16. The highest BCUT2D eigenvalue weighted by molar-refractivity contribution is 5.64. The Balaban J connectivity index is 1.93. The minimum Gasteiger partial charge on any atom is -0.399 e. The SMILES string of the molecule is Cc1ccc([N+](=O)[O-])c(NC2CCc3cc(N)ccc32)c1. The lowest BCUT2D eigenvalue weighted by Crippen LogP contribution is -2.09. The van der Waals surface area contributed by atoms with Gasteiger partial charge in [-0.3, -0.25) is 10.1 Å². The lowest BCUT2D eigenvalue weighted by atomic mass is 10.1. The highest BCUT2D eigenvalue weighted by Crippen LogP contribution is 2.37. The summed E-state index contributed by atoms with van der Waals surface area (Å²) in [5.74, 6) is 0. The van der Waals surface area contributed by atoms with E-state index in [1.807, 2.05) is 31.2 Å². The number of anilines is 2. The highest BCUT2D eigenvalue weighted by Gasteiger charge is 2.24. The van der Waals surface area contributed by atoms with E-state index in [0.29, 0.717) is 5.69 Å². The molecule has 0 radical (unpaired) electrons. The number of hydrogen-bond acceptors (Lipinski definition) is 4. The van der Waals surface area contributed by atoms with Crippen molar-refractivity contribution >= 4 is 17.1 Å². The van der Waals surface area contributed by atoms with Gasteiger partial charge in [0.05, 0.1) is 11.0 Å². The van der Waals surface area contributed by atoms with E-state index in [0.717, 1.165) is 24.1 Å². The number of nitrogens with zero attached hydrogens (tertiary/aromatic N) is 1. The van der Waals surface area contributed by atoms with Gasteiger partial charge in [-0.1, -0.05) is 12.1 Å². The maximum atomic E-state index is 11.1. The van der Waals surface area contributed by atoms with Crippen LogP contribution in [0.25, 0.3) is 0 Å². The van der Waals surface area contributed by atoms with Crippen molar-refractivity contribution in [1.29, 1.82) is 0 Å². The molecule has 1 aliphatic rings. The molecule has 1 unspecified atom stereocenters. The Hall–Kier alpha value is -2.56. The summed E-state index contributed by atoms with van der Waals surface area (Å²) in [5, 5.41) is 14.5. The molecule has 0 fully saturated rings. The Bertz CT molecular complexity index is 713. The molecule has 3 N–H and O–H groups in total. The Morgan fingerprint density at radius 2 is 2.10 bits per heavy atom. The van der Waals surface area contributed by atoms with E-state index < -0.39 is 0 Å². The summed E-state index contributed by atoms with van der Waals surface area (Å²) in [6.07, 6.45) is 1.86. The summed E-state index contributed by atoms with van der Waals surface area (Å²) in [4.78, 5) is 10.8. The van der Waals surface area contributed by atoms with Crippen LogP contribution in [-0.4, -0.2) is 4.92 Å². The fraction of sp³-hybridized carbons (Fsp3) is 0.250. The van der Waals surface area contributed by atoms with Crippen molar-refractivity contribution in [2.24, 2.45) is 0 Å².